The molecule has 0 aromatic carbocycles. The smallest absolute Gasteiger partial charge is 0.0738 e. The number of aromatic nitrogens is 2. The first-order valence-corrected chi connectivity index (χ1v) is 7.23. The van der Waals surface area contributed by atoms with E-state index in [1.807, 2.05) is 18.7 Å². The Morgan fingerprint density at radius 2 is 2.17 bits per heavy atom. The maximum absolute atomic E-state index is 5.36. The first kappa shape index (κ1) is 15.7. The highest BCUT2D eigenvalue weighted by Crippen LogP contribution is 2.22. The highest BCUT2D eigenvalue weighted by atomic mass is 79.9. The van der Waals surface area contributed by atoms with E-state index in [2.05, 4.69) is 40.2 Å². The Balaban J connectivity index is 2.76. The molecule has 0 amide bonds. The molecule has 2 atom stereocenters. The van der Waals surface area contributed by atoms with E-state index in [1.54, 1.807) is 7.11 Å². The van der Waals surface area contributed by atoms with Gasteiger partial charge in [-0.2, -0.15) is 5.10 Å². The molecule has 1 rings (SSSR count). The van der Waals surface area contributed by atoms with Crippen LogP contribution in [0.25, 0.3) is 0 Å². The number of hydrogen-bond donors (Lipinski definition) is 1. The number of nitrogens with zero attached hydrogens (tertiary/aromatic N) is 2. The summed E-state index contributed by atoms with van der Waals surface area (Å²) < 4.78 is 8.44. The van der Waals surface area contributed by atoms with E-state index in [0.29, 0.717) is 6.04 Å². The summed E-state index contributed by atoms with van der Waals surface area (Å²) in [6.45, 7) is 7.23. The van der Waals surface area contributed by atoms with Gasteiger partial charge in [0.2, 0.25) is 0 Å². The van der Waals surface area contributed by atoms with Gasteiger partial charge in [-0.05, 0) is 42.7 Å². The van der Waals surface area contributed by atoms with Gasteiger partial charge in [-0.25, -0.2) is 0 Å². The molecule has 0 bridgehead atoms. The number of methoxy groups -OCH3 is 1. The zero-order valence-electron chi connectivity index (χ0n) is 12.0. The average molecular weight is 318 g/mol. The number of rotatable bonds is 7. The van der Waals surface area contributed by atoms with Gasteiger partial charge in [0.1, 0.15) is 0 Å². The van der Waals surface area contributed by atoms with Crippen LogP contribution in [0.2, 0.25) is 0 Å². The first-order chi connectivity index (χ1) is 8.49. The lowest BCUT2D eigenvalue weighted by molar-refractivity contribution is 0.100. The van der Waals surface area contributed by atoms with Gasteiger partial charge in [-0.15, -0.1) is 0 Å². The molecule has 4 nitrogen and oxygen atoms in total. The molecule has 0 aliphatic heterocycles. The third-order valence-corrected chi connectivity index (χ3v) is 4.24. The van der Waals surface area contributed by atoms with Crippen molar-refractivity contribution in [3.05, 3.63) is 15.9 Å². The molecule has 1 N–H and O–H groups in total. The monoisotopic (exact) mass is 317 g/mol. The maximum Gasteiger partial charge on any atom is 0.0738 e. The van der Waals surface area contributed by atoms with Crippen molar-refractivity contribution in [1.29, 1.82) is 0 Å². The van der Waals surface area contributed by atoms with Crippen molar-refractivity contribution in [2.45, 2.75) is 45.8 Å². The van der Waals surface area contributed by atoms with Crippen LogP contribution in [0.3, 0.4) is 0 Å². The van der Waals surface area contributed by atoms with Crippen LogP contribution in [0.5, 0.6) is 0 Å². The fourth-order valence-corrected chi connectivity index (χ4v) is 2.66. The molecule has 0 saturated carbocycles. The van der Waals surface area contributed by atoms with Gasteiger partial charge in [-0.1, -0.05) is 6.92 Å². The summed E-state index contributed by atoms with van der Waals surface area (Å²) in [5.41, 5.74) is 2.28. The van der Waals surface area contributed by atoms with Gasteiger partial charge in [0, 0.05) is 26.6 Å². The first-order valence-electron chi connectivity index (χ1n) is 6.43. The van der Waals surface area contributed by atoms with Crippen LogP contribution in [0.4, 0.5) is 0 Å². The van der Waals surface area contributed by atoms with Crippen molar-refractivity contribution in [3.8, 4) is 0 Å². The molecule has 2 unspecified atom stereocenters. The van der Waals surface area contributed by atoms with Gasteiger partial charge < -0.3 is 10.1 Å². The normalized spacial score (nSPS) is 14.8. The molecule has 1 aromatic rings. The van der Waals surface area contributed by atoms with Crippen molar-refractivity contribution in [2.75, 3.05) is 13.7 Å². The Morgan fingerprint density at radius 1 is 1.50 bits per heavy atom. The summed E-state index contributed by atoms with van der Waals surface area (Å²) in [7, 11) is 3.76. The zero-order chi connectivity index (χ0) is 13.7. The second-order valence-electron chi connectivity index (χ2n) is 4.71. The van der Waals surface area contributed by atoms with Crippen molar-refractivity contribution in [1.82, 2.24) is 15.1 Å². The van der Waals surface area contributed by atoms with Crippen LogP contribution >= 0.6 is 15.9 Å². The standard InChI is InChI=1S/C13H24BrN3O/c1-6-15-11(7-9(2)18-5)8-12-13(14)10(3)16-17(12)4/h9,11,15H,6-8H2,1-5H3. The Labute approximate surface area is 118 Å². The predicted molar refractivity (Wildman–Crippen MR) is 77.9 cm³/mol. The Morgan fingerprint density at radius 3 is 2.61 bits per heavy atom. The van der Waals surface area contributed by atoms with E-state index >= 15 is 0 Å². The van der Waals surface area contributed by atoms with Crippen molar-refractivity contribution < 1.29 is 4.74 Å². The maximum atomic E-state index is 5.36. The van der Waals surface area contributed by atoms with Crippen LogP contribution in [0.1, 0.15) is 31.7 Å². The fourth-order valence-electron chi connectivity index (χ4n) is 2.16. The zero-order valence-corrected chi connectivity index (χ0v) is 13.5. The van der Waals surface area contributed by atoms with Crippen molar-refractivity contribution in [3.63, 3.8) is 0 Å². The summed E-state index contributed by atoms with van der Waals surface area (Å²) in [5.74, 6) is 0. The number of nitrogens with one attached hydrogen (secondary N) is 1. The third kappa shape index (κ3) is 4.07. The fraction of sp³-hybridized carbons (Fsp3) is 0.769. The van der Waals surface area contributed by atoms with Gasteiger partial charge in [0.05, 0.1) is 22.0 Å². The molecule has 0 spiro atoms. The molecular formula is C13H24BrN3O. The van der Waals surface area contributed by atoms with Crippen molar-refractivity contribution >= 4 is 15.9 Å². The Bertz CT molecular complexity index is 379. The molecular weight excluding hydrogens is 294 g/mol. The Hall–Kier alpha value is -0.390. The summed E-state index contributed by atoms with van der Waals surface area (Å²) in [6.07, 6.45) is 2.22. The van der Waals surface area contributed by atoms with Crippen LogP contribution in [-0.2, 0) is 18.2 Å². The molecule has 0 fully saturated rings. The van der Waals surface area contributed by atoms with Gasteiger partial charge in [0.15, 0.2) is 0 Å². The summed E-state index contributed by atoms with van der Waals surface area (Å²) in [4.78, 5) is 0. The molecule has 0 radical (unpaired) electrons. The molecule has 0 aliphatic carbocycles. The van der Waals surface area contributed by atoms with E-state index in [9.17, 15) is 0 Å². The lowest BCUT2D eigenvalue weighted by Gasteiger charge is -2.21. The quantitative estimate of drug-likeness (QED) is 0.839. The molecule has 5 heteroatoms. The topological polar surface area (TPSA) is 39.1 Å². The molecule has 104 valence electrons. The number of ether oxygens (including phenoxy) is 1. The molecule has 18 heavy (non-hydrogen) atoms. The van der Waals surface area contributed by atoms with Crippen LogP contribution < -0.4 is 5.32 Å². The van der Waals surface area contributed by atoms with Crippen LogP contribution in [-0.4, -0.2) is 35.6 Å². The molecule has 0 aliphatic rings. The molecule has 0 saturated heterocycles. The average Bonchev–Trinajstić information content (AvgIpc) is 2.56. The second kappa shape index (κ2) is 7.26. The third-order valence-electron chi connectivity index (χ3n) is 3.21. The minimum Gasteiger partial charge on any atom is -0.382 e. The Kier molecular flexibility index (Phi) is 6.32. The molecule has 1 aromatic heterocycles. The SMILES string of the molecule is CCNC(Cc1c(Br)c(C)nn1C)CC(C)OC. The number of likely N-dealkylation sites (N-methyl/N-ethyl adjacent to an activating group) is 1. The highest BCUT2D eigenvalue weighted by Gasteiger charge is 2.18. The van der Waals surface area contributed by atoms with E-state index in [0.717, 1.165) is 29.6 Å². The molecule has 1 heterocycles. The van der Waals surface area contributed by atoms with Gasteiger partial charge in [0.25, 0.3) is 0 Å². The minimum absolute atomic E-state index is 0.266. The summed E-state index contributed by atoms with van der Waals surface area (Å²) in [5, 5.41) is 7.95. The van der Waals surface area contributed by atoms with Crippen molar-refractivity contribution in [2.24, 2.45) is 7.05 Å². The highest BCUT2D eigenvalue weighted by molar-refractivity contribution is 9.10. The van der Waals surface area contributed by atoms with E-state index in [-0.39, 0.29) is 6.10 Å². The minimum atomic E-state index is 0.266. The van der Waals surface area contributed by atoms with Gasteiger partial charge >= 0.3 is 0 Å². The second-order valence-corrected chi connectivity index (χ2v) is 5.50. The summed E-state index contributed by atoms with van der Waals surface area (Å²) >= 11 is 3.62. The number of hydrogen-bond acceptors (Lipinski definition) is 3. The largest absolute Gasteiger partial charge is 0.382 e. The summed E-state index contributed by atoms with van der Waals surface area (Å²) in [6, 6.07) is 0.413. The van der Waals surface area contributed by atoms with E-state index < -0.39 is 0 Å². The lowest BCUT2D eigenvalue weighted by atomic mass is 10.0. The van der Waals surface area contributed by atoms with Crippen LogP contribution in [0, 0.1) is 6.92 Å². The lowest BCUT2D eigenvalue weighted by Crippen LogP contribution is -2.35. The van der Waals surface area contributed by atoms with E-state index in [4.69, 9.17) is 4.74 Å². The predicted octanol–water partition coefficient (Wildman–Crippen LogP) is 2.44. The van der Waals surface area contributed by atoms with E-state index in [1.165, 1.54) is 5.69 Å². The number of aryl methyl sites for hydroxylation is 2. The number of halogens is 1. The van der Waals surface area contributed by atoms with Gasteiger partial charge in [-0.3, -0.25) is 4.68 Å². The van der Waals surface area contributed by atoms with Crippen LogP contribution in [0.15, 0.2) is 4.47 Å².